The van der Waals surface area contributed by atoms with Gasteiger partial charge in [-0.05, 0) is 43.0 Å². The smallest absolute Gasteiger partial charge is 0.243 e. The van der Waals surface area contributed by atoms with Crippen molar-refractivity contribution in [2.24, 2.45) is 5.92 Å². The van der Waals surface area contributed by atoms with E-state index in [4.69, 9.17) is 0 Å². The van der Waals surface area contributed by atoms with Crippen molar-refractivity contribution < 1.29 is 13.2 Å². The van der Waals surface area contributed by atoms with Gasteiger partial charge in [-0.25, -0.2) is 8.42 Å². The van der Waals surface area contributed by atoms with E-state index in [0.717, 1.165) is 18.0 Å². The summed E-state index contributed by atoms with van der Waals surface area (Å²) in [6.07, 6.45) is 2.52. The topological polar surface area (TPSA) is 78.5 Å². The van der Waals surface area contributed by atoms with E-state index in [1.165, 1.54) is 17.1 Å². The van der Waals surface area contributed by atoms with Gasteiger partial charge in [-0.2, -0.15) is 4.31 Å². The van der Waals surface area contributed by atoms with Crippen LogP contribution in [0.2, 0.25) is 0 Å². The zero-order chi connectivity index (χ0) is 17.6. The second kappa shape index (κ2) is 8.60. The Bertz CT molecular complexity index is 636. The molecule has 0 spiro atoms. The summed E-state index contributed by atoms with van der Waals surface area (Å²) in [4.78, 5) is 12.0. The summed E-state index contributed by atoms with van der Waals surface area (Å²) < 4.78 is 26.2. The lowest BCUT2D eigenvalue weighted by Gasteiger charge is -2.18. The molecule has 0 heterocycles. The zero-order valence-corrected chi connectivity index (χ0v) is 15.2. The number of carbonyl (C=O) groups is 1. The van der Waals surface area contributed by atoms with E-state index in [2.05, 4.69) is 10.6 Å². The van der Waals surface area contributed by atoms with E-state index in [9.17, 15) is 13.2 Å². The largest absolute Gasteiger partial charge is 0.351 e. The molecule has 2 rings (SSSR count). The van der Waals surface area contributed by atoms with E-state index < -0.39 is 10.0 Å². The molecule has 1 aliphatic rings. The highest BCUT2D eigenvalue weighted by Crippen LogP contribution is 2.27. The molecule has 0 saturated heterocycles. The average molecular weight is 353 g/mol. The predicted molar refractivity (Wildman–Crippen MR) is 94.0 cm³/mol. The van der Waals surface area contributed by atoms with Crippen LogP contribution in [0.5, 0.6) is 0 Å². The minimum absolute atomic E-state index is 0.0458. The number of nitrogens with zero attached hydrogens (tertiary/aromatic N) is 1. The van der Waals surface area contributed by atoms with Gasteiger partial charge in [-0.1, -0.05) is 26.0 Å². The number of benzene rings is 1. The Labute approximate surface area is 144 Å². The van der Waals surface area contributed by atoms with E-state index in [1.807, 2.05) is 13.8 Å². The summed E-state index contributed by atoms with van der Waals surface area (Å²) >= 11 is 0. The second-order valence-corrected chi connectivity index (χ2v) is 8.02. The van der Waals surface area contributed by atoms with Gasteiger partial charge in [0.2, 0.25) is 15.9 Å². The van der Waals surface area contributed by atoms with Crippen molar-refractivity contribution in [3.8, 4) is 0 Å². The van der Waals surface area contributed by atoms with Crippen LogP contribution < -0.4 is 10.6 Å². The average Bonchev–Trinajstić information content (AvgIpc) is 3.38. The number of hydrogen-bond acceptors (Lipinski definition) is 4. The SMILES string of the molecule is CCN(CC)S(=O)(=O)c1ccc(CNC(=O)CNCC2CC2)cc1. The molecule has 0 unspecified atom stereocenters. The molecule has 1 saturated carbocycles. The highest BCUT2D eigenvalue weighted by Gasteiger charge is 2.21. The van der Waals surface area contributed by atoms with Gasteiger partial charge in [0.1, 0.15) is 0 Å². The van der Waals surface area contributed by atoms with Gasteiger partial charge < -0.3 is 10.6 Å². The van der Waals surface area contributed by atoms with Gasteiger partial charge >= 0.3 is 0 Å². The van der Waals surface area contributed by atoms with Crippen molar-refractivity contribution in [1.82, 2.24) is 14.9 Å². The molecule has 0 atom stereocenters. The van der Waals surface area contributed by atoms with Crippen molar-refractivity contribution in [2.75, 3.05) is 26.2 Å². The van der Waals surface area contributed by atoms with Crippen molar-refractivity contribution in [1.29, 1.82) is 0 Å². The molecule has 24 heavy (non-hydrogen) atoms. The van der Waals surface area contributed by atoms with Crippen LogP contribution in [0, 0.1) is 5.92 Å². The monoisotopic (exact) mass is 353 g/mol. The summed E-state index contributed by atoms with van der Waals surface area (Å²) in [5.41, 5.74) is 0.879. The molecule has 0 aromatic heterocycles. The lowest BCUT2D eigenvalue weighted by atomic mass is 10.2. The molecule has 0 radical (unpaired) electrons. The van der Waals surface area contributed by atoms with Crippen LogP contribution >= 0.6 is 0 Å². The fraction of sp³-hybridized carbons (Fsp3) is 0.588. The quantitative estimate of drug-likeness (QED) is 0.665. The minimum Gasteiger partial charge on any atom is -0.351 e. The third-order valence-electron chi connectivity index (χ3n) is 4.17. The fourth-order valence-electron chi connectivity index (χ4n) is 2.47. The Morgan fingerprint density at radius 3 is 2.33 bits per heavy atom. The third-order valence-corrected chi connectivity index (χ3v) is 6.24. The highest BCUT2D eigenvalue weighted by atomic mass is 32.2. The van der Waals surface area contributed by atoms with Crippen LogP contribution in [-0.4, -0.2) is 44.8 Å². The van der Waals surface area contributed by atoms with Crippen LogP contribution in [0.3, 0.4) is 0 Å². The molecular weight excluding hydrogens is 326 g/mol. The third kappa shape index (κ3) is 5.29. The van der Waals surface area contributed by atoms with Crippen LogP contribution in [-0.2, 0) is 21.4 Å². The maximum absolute atomic E-state index is 12.4. The van der Waals surface area contributed by atoms with Crippen LogP contribution in [0.15, 0.2) is 29.2 Å². The highest BCUT2D eigenvalue weighted by molar-refractivity contribution is 7.89. The van der Waals surface area contributed by atoms with Crippen LogP contribution in [0.25, 0.3) is 0 Å². The Morgan fingerprint density at radius 2 is 1.79 bits per heavy atom. The number of amides is 1. The van der Waals surface area contributed by atoms with Gasteiger partial charge in [0.15, 0.2) is 0 Å². The molecule has 1 aromatic carbocycles. The molecule has 2 N–H and O–H groups in total. The van der Waals surface area contributed by atoms with Crippen molar-refractivity contribution in [3.63, 3.8) is 0 Å². The van der Waals surface area contributed by atoms with Gasteiger partial charge in [0.05, 0.1) is 11.4 Å². The fourth-order valence-corrected chi connectivity index (χ4v) is 3.92. The normalized spacial score (nSPS) is 14.8. The number of sulfonamides is 1. The Balaban J connectivity index is 1.83. The first-order valence-corrected chi connectivity index (χ1v) is 9.97. The molecule has 1 aromatic rings. The first-order valence-electron chi connectivity index (χ1n) is 8.53. The molecular formula is C17H27N3O3S. The van der Waals surface area contributed by atoms with Crippen LogP contribution in [0.4, 0.5) is 0 Å². The van der Waals surface area contributed by atoms with Gasteiger partial charge in [0.25, 0.3) is 0 Å². The molecule has 134 valence electrons. The first kappa shape index (κ1) is 18.9. The molecule has 6 nitrogen and oxygen atoms in total. The summed E-state index contributed by atoms with van der Waals surface area (Å²) in [7, 11) is -3.43. The molecule has 1 fully saturated rings. The molecule has 1 amide bonds. The molecule has 0 bridgehead atoms. The standard InChI is InChI=1S/C17H27N3O3S/c1-3-20(4-2)24(22,23)16-9-7-15(8-10-16)12-19-17(21)13-18-11-14-5-6-14/h7-10,14,18H,3-6,11-13H2,1-2H3,(H,19,21). The van der Waals surface area contributed by atoms with Gasteiger partial charge in [-0.3, -0.25) is 4.79 Å². The van der Waals surface area contributed by atoms with Crippen molar-refractivity contribution in [2.45, 2.75) is 38.1 Å². The van der Waals surface area contributed by atoms with E-state index in [1.54, 1.807) is 24.3 Å². The van der Waals surface area contributed by atoms with E-state index >= 15 is 0 Å². The predicted octanol–water partition coefficient (Wildman–Crippen LogP) is 1.33. The summed E-state index contributed by atoms with van der Waals surface area (Å²) in [5.74, 6) is 0.702. The number of nitrogens with one attached hydrogen (secondary N) is 2. The molecule has 7 heteroatoms. The second-order valence-electron chi connectivity index (χ2n) is 6.08. The Morgan fingerprint density at radius 1 is 1.17 bits per heavy atom. The maximum Gasteiger partial charge on any atom is 0.243 e. The number of rotatable bonds is 10. The van der Waals surface area contributed by atoms with E-state index in [0.29, 0.717) is 26.2 Å². The molecule has 0 aliphatic heterocycles. The number of hydrogen-bond donors (Lipinski definition) is 2. The van der Waals surface area contributed by atoms with E-state index in [-0.39, 0.29) is 10.8 Å². The first-order chi connectivity index (χ1) is 11.5. The van der Waals surface area contributed by atoms with Gasteiger partial charge in [-0.15, -0.1) is 0 Å². The zero-order valence-electron chi connectivity index (χ0n) is 14.4. The maximum atomic E-state index is 12.4. The van der Waals surface area contributed by atoms with Crippen molar-refractivity contribution >= 4 is 15.9 Å². The summed E-state index contributed by atoms with van der Waals surface area (Å²) in [6.45, 7) is 6.17. The Kier molecular flexibility index (Phi) is 6.77. The van der Waals surface area contributed by atoms with Crippen LogP contribution in [0.1, 0.15) is 32.3 Å². The summed E-state index contributed by atoms with van der Waals surface area (Å²) in [5, 5.41) is 5.98. The van der Waals surface area contributed by atoms with Gasteiger partial charge in [0, 0.05) is 19.6 Å². The Hall–Kier alpha value is -1.44. The van der Waals surface area contributed by atoms with Crippen molar-refractivity contribution in [3.05, 3.63) is 29.8 Å². The summed E-state index contributed by atoms with van der Waals surface area (Å²) in [6, 6.07) is 6.68. The minimum atomic E-state index is -3.43. The number of carbonyl (C=O) groups excluding carboxylic acids is 1. The lowest BCUT2D eigenvalue weighted by molar-refractivity contribution is -0.120. The molecule has 1 aliphatic carbocycles. The lowest BCUT2D eigenvalue weighted by Crippen LogP contribution is -2.34.